The second kappa shape index (κ2) is 8.30. The van der Waals surface area contributed by atoms with E-state index in [-0.39, 0.29) is 17.7 Å². The Morgan fingerprint density at radius 1 is 1.15 bits per heavy atom. The summed E-state index contributed by atoms with van der Waals surface area (Å²) in [6, 6.07) is 18.3. The van der Waals surface area contributed by atoms with Crippen molar-refractivity contribution in [2.75, 3.05) is 18.4 Å². The van der Waals surface area contributed by atoms with Crippen molar-refractivity contribution >= 4 is 17.5 Å². The topological polar surface area (TPSA) is 73.2 Å². The van der Waals surface area contributed by atoms with E-state index in [4.69, 9.17) is 5.26 Å². The zero-order chi connectivity index (χ0) is 18.4. The van der Waals surface area contributed by atoms with Crippen molar-refractivity contribution in [3.63, 3.8) is 0 Å². The van der Waals surface area contributed by atoms with Crippen molar-refractivity contribution in [1.82, 2.24) is 4.90 Å². The second-order valence-corrected chi connectivity index (χ2v) is 6.54. The fourth-order valence-corrected chi connectivity index (χ4v) is 3.23. The van der Waals surface area contributed by atoms with E-state index in [0.29, 0.717) is 30.8 Å². The maximum absolute atomic E-state index is 12.6. The van der Waals surface area contributed by atoms with Gasteiger partial charge in [-0.1, -0.05) is 36.4 Å². The van der Waals surface area contributed by atoms with Crippen LogP contribution in [0.3, 0.4) is 0 Å². The highest BCUT2D eigenvalue weighted by Gasteiger charge is 2.28. The molecule has 0 bridgehead atoms. The third-order valence-electron chi connectivity index (χ3n) is 4.63. The number of anilines is 1. The first-order chi connectivity index (χ1) is 12.7. The Morgan fingerprint density at radius 2 is 1.96 bits per heavy atom. The molecule has 26 heavy (non-hydrogen) atoms. The number of carbonyl (C=O) groups is 2. The lowest BCUT2D eigenvalue weighted by atomic mass is 9.90. The van der Waals surface area contributed by atoms with Crippen LogP contribution in [-0.2, 0) is 11.2 Å². The Labute approximate surface area is 153 Å². The summed E-state index contributed by atoms with van der Waals surface area (Å²) >= 11 is 0. The van der Waals surface area contributed by atoms with Crippen LogP contribution >= 0.6 is 0 Å². The van der Waals surface area contributed by atoms with Crippen molar-refractivity contribution in [1.29, 1.82) is 5.26 Å². The number of Topliss-reactive ketones (excluding diaryl/α,β-unsaturated/α-hetero) is 1. The summed E-state index contributed by atoms with van der Waals surface area (Å²) in [5.41, 5.74) is 2.09. The van der Waals surface area contributed by atoms with Crippen LogP contribution in [0.15, 0.2) is 54.6 Å². The van der Waals surface area contributed by atoms with E-state index in [0.717, 1.165) is 18.4 Å². The largest absolute Gasteiger partial charge is 0.324 e. The first kappa shape index (κ1) is 17.7. The molecule has 1 atom stereocenters. The normalized spacial score (nSPS) is 16.6. The molecule has 2 amide bonds. The molecular formula is C21H21N3O2. The molecule has 1 heterocycles. The van der Waals surface area contributed by atoms with Crippen LogP contribution in [-0.4, -0.2) is 29.8 Å². The molecule has 1 aliphatic heterocycles. The Balaban J connectivity index is 1.59. The molecule has 0 spiro atoms. The molecular weight excluding hydrogens is 326 g/mol. The van der Waals surface area contributed by atoms with Crippen molar-refractivity contribution < 1.29 is 9.59 Å². The number of carbonyl (C=O) groups excluding carboxylic acids is 2. The highest BCUT2D eigenvalue weighted by atomic mass is 16.2. The molecule has 1 N–H and O–H groups in total. The lowest BCUT2D eigenvalue weighted by Crippen LogP contribution is -2.44. The summed E-state index contributed by atoms with van der Waals surface area (Å²) in [5.74, 6) is 0.0559. The number of benzene rings is 2. The predicted molar refractivity (Wildman–Crippen MR) is 99.6 cm³/mol. The number of urea groups is 1. The predicted octanol–water partition coefficient (Wildman–Crippen LogP) is 3.61. The van der Waals surface area contributed by atoms with Crippen LogP contribution in [0.4, 0.5) is 10.5 Å². The van der Waals surface area contributed by atoms with E-state index in [1.54, 1.807) is 29.2 Å². The average Bonchev–Trinajstić information content (AvgIpc) is 2.69. The lowest BCUT2D eigenvalue weighted by molar-refractivity contribution is -0.123. The quantitative estimate of drug-likeness (QED) is 0.918. The summed E-state index contributed by atoms with van der Waals surface area (Å²) in [7, 11) is 0. The number of hydrogen-bond donors (Lipinski definition) is 1. The van der Waals surface area contributed by atoms with E-state index in [1.807, 2.05) is 30.3 Å². The van der Waals surface area contributed by atoms with E-state index in [1.165, 1.54) is 0 Å². The fraction of sp³-hybridized carbons (Fsp3) is 0.286. The summed E-state index contributed by atoms with van der Waals surface area (Å²) in [6.45, 7) is 1.08. The summed E-state index contributed by atoms with van der Waals surface area (Å²) in [5, 5.41) is 11.8. The minimum Gasteiger partial charge on any atom is -0.324 e. The van der Waals surface area contributed by atoms with Crippen molar-refractivity contribution in [2.24, 2.45) is 5.92 Å². The van der Waals surface area contributed by atoms with Crippen LogP contribution in [0.2, 0.25) is 0 Å². The maximum atomic E-state index is 12.6. The Bertz CT molecular complexity index is 827. The molecule has 0 aromatic heterocycles. The van der Waals surface area contributed by atoms with Gasteiger partial charge in [0.05, 0.1) is 11.6 Å². The number of nitrogens with zero attached hydrogens (tertiary/aromatic N) is 2. The van der Waals surface area contributed by atoms with E-state index < -0.39 is 0 Å². The van der Waals surface area contributed by atoms with Gasteiger partial charge in [-0.05, 0) is 36.6 Å². The molecule has 1 fully saturated rings. The number of hydrogen-bond acceptors (Lipinski definition) is 3. The van der Waals surface area contributed by atoms with Gasteiger partial charge in [-0.2, -0.15) is 5.26 Å². The average molecular weight is 347 g/mol. The number of nitriles is 1. The second-order valence-electron chi connectivity index (χ2n) is 6.54. The molecule has 3 rings (SSSR count). The molecule has 5 heteroatoms. The number of ketones is 1. The molecule has 132 valence electrons. The van der Waals surface area contributed by atoms with Gasteiger partial charge < -0.3 is 10.2 Å². The van der Waals surface area contributed by atoms with Crippen LogP contribution in [0.25, 0.3) is 0 Å². The van der Waals surface area contributed by atoms with E-state index in [2.05, 4.69) is 11.4 Å². The van der Waals surface area contributed by atoms with Gasteiger partial charge in [0.25, 0.3) is 0 Å². The van der Waals surface area contributed by atoms with Gasteiger partial charge in [-0.15, -0.1) is 0 Å². The molecule has 0 aliphatic carbocycles. The SMILES string of the molecule is N#Cc1cccc(NC(=O)N2CCC[C@@H](C(=O)Cc3ccccc3)C2)c1. The Kier molecular flexibility index (Phi) is 5.65. The third-order valence-corrected chi connectivity index (χ3v) is 4.63. The van der Waals surface area contributed by atoms with Gasteiger partial charge in [0.15, 0.2) is 0 Å². The minimum absolute atomic E-state index is 0.125. The molecule has 1 saturated heterocycles. The van der Waals surface area contributed by atoms with Crippen LogP contribution in [0.1, 0.15) is 24.0 Å². The Hall–Kier alpha value is -3.13. The summed E-state index contributed by atoms with van der Waals surface area (Å²) in [4.78, 5) is 26.8. The van der Waals surface area contributed by atoms with Crippen molar-refractivity contribution in [3.05, 3.63) is 65.7 Å². The van der Waals surface area contributed by atoms with Crippen LogP contribution in [0.5, 0.6) is 0 Å². The van der Waals surface area contributed by atoms with Crippen molar-refractivity contribution in [3.8, 4) is 6.07 Å². The van der Waals surface area contributed by atoms with Gasteiger partial charge in [0.2, 0.25) is 0 Å². The maximum Gasteiger partial charge on any atom is 0.321 e. The molecule has 5 nitrogen and oxygen atoms in total. The molecule has 0 saturated carbocycles. The Morgan fingerprint density at radius 3 is 2.73 bits per heavy atom. The highest BCUT2D eigenvalue weighted by Crippen LogP contribution is 2.20. The number of piperidine rings is 1. The zero-order valence-corrected chi connectivity index (χ0v) is 14.5. The zero-order valence-electron chi connectivity index (χ0n) is 14.5. The first-order valence-electron chi connectivity index (χ1n) is 8.78. The van der Waals surface area contributed by atoms with Gasteiger partial charge in [0.1, 0.15) is 5.78 Å². The van der Waals surface area contributed by atoms with Gasteiger partial charge in [-0.25, -0.2) is 4.79 Å². The van der Waals surface area contributed by atoms with Crippen LogP contribution < -0.4 is 5.32 Å². The van der Waals surface area contributed by atoms with Crippen LogP contribution in [0, 0.1) is 17.2 Å². The molecule has 2 aromatic rings. The van der Waals surface area contributed by atoms with E-state index >= 15 is 0 Å². The molecule has 0 unspecified atom stereocenters. The summed E-state index contributed by atoms with van der Waals surface area (Å²) < 4.78 is 0. The lowest BCUT2D eigenvalue weighted by Gasteiger charge is -2.32. The first-order valence-corrected chi connectivity index (χ1v) is 8.78. The number of likely N-dealkylation sites (tertiary alicyclic amines) is 1. The number of nitrogens with one attached hydrogen (secondary N) is 1. The van der Waals surface area contributed by atoms with Gasteiger partial charge in [0, 0.05) is 31.1 Å². The molecule has 1 aliphatic rings. The third kappa shape index (κ3) is 4.48. The fourth-order valence-electron chi connectivity index (χ4n) is 3.23. The monoisotopic (exact) mass is 347 g/mol. The minimum atomic E-state index is -0.225. The smallest absolute Gasteiger partial charge is 0.321 e. The summed E-state index contributed by atoms with van der Waals surface area (Å²) in [6.07, 6.45) is 2.04. The molecule has 2 aromatic carbocycles. The van der Waals surface area contributed by atoms with Gasteiger partial charge >= 0.3 is 6.03 Å². The standard InChI is InChI=1S/C21H21N3O2/c22-14-17-8-4-10-19(12-17)23-21(26)24-11-5-9-18(15-24)20(25)13-16-6-2-1-3-7-16/h1-4,6-8,10,12,18H,5,9,11,13,15H2,(H,23,26)/t18-/m1/s1. The number of amides is 2. The van der Waals surface area contributed by atoms with Gasteiger partial charge in [-0.3, -0.25) is 4.79 Å². The molecule has 0 radical (unpaired) electrons. The highest BCUT2D eigenvalue weighted by molar-refractivity contribution is 5.90. The number of rotatable bonds is 4. The van der Waals surface area contributed by atoms with Crippen molar-refractivity contribution in [2.45, 2.75) is 19.3 Å². The van der Waals surface area contributed by atoms with E-state index in [9.17, 15) is 9.59 Å².